The van der Waals surface area contributed by atoms with Gasteiger partial charge in [0.15, 0.2) is 0 Å². The molecule has 2 N–H and O–H groups in total. The molecule has 0 unspecified atom stereocenters. The van der Waals surface area contributed by atoms with E-state index >= 15 is 0 Å². The van der Waals surface area contributed by atoms with Crippen LogP contribution in [0, 0.1) is 0 Å². The van der Waals surface area contributed by atoms with Crippen LogP contribution in [0.25, 0.3) is 6.08 Å². The smallest absolute Gasteiger partial charge is 0.254 e. The van der Waals surface area contributed by atoms with E-state index in [1.165, 1.54) is 5.56 Å². The lowest BCUT2D eigenvalue weighted by molar-refractivity contribution is -0.135. The van der Waals surface area contributed by atoms with E-state index in [1.54, 1.807) is 29.2 Å². The number of nitrogens with one attached hydrogen (secondary N) is 2. The molecule has 31 heavy (non-hydrogen) atoms. The highest BCUT2D eigenvalue weighted by Gasteiger charge is 2.31. The van der Waals surface area contributed by atoms with Crippen LogP contribution in [-0.4, -0.2) is 66.3 Å². The maximum atomic E-state index is 12.8. The molecule has 1 saturated heterocycles. The van der Waals surface area contributed by atoms with Gasteiger partial charge in [-0.05, 0) is 17.7 Å². The predicted molar refractivity (Wildman–Crippen MR) is 119 cm³/mol. The van der Waals surface area contributed by atoms with Gasteiger partial charge in [0.1, 0.15) is 6.04 Å². The summed E-state index contributed by atoms with van der Waals surface area (Å²) >= 11 is 0. The van der Waals surface area contributed by atoms with Crippen LogP contribution < -0.4 is 10.6 Å². The summed E-state index contributed by atoms with van der Waals surface area (Å²) in [4.78, 5) is 41.8. The van der Waals surface area contributed by atoms with Crippen LogP contribution in [0.5, 0.6) is 0 Å². The Hall–Kier alpha value is -3.45. The number of hydrogen-bond donors (Lipinski definition) is 2. The number of fused-ring (bicyclic) bond motifs is 1. The van der Waals surface area contributed by atoms with Crippen molar-refractivity contribution in [2.45, 2.75) is 12.5 Å². The number of carbonyl (C=O) groups excluding carboxylic acids is 3. The summed E-state index contributed by atoms with van der Waals surface area (Å²) in [5.41, 5.74) is 2.04. The van der Waals surface area contributed by atoms with Crippen LogP contribution in [0.4, 0.5) is 5.69 Å². The van der Waals surface area contributed by atoms with Crippen LogP contribution in [0.15, 0.2) is 60.7 Å². The van der Waals surface area contributed by atoms with Crippen LogP contribution in [0.1, 0.15) is 22.3 Å². The number of carbonyl (C=O) groups is 3. The van der Waals surface area contributed by atoms with E-state index < -0.39 is 6.04 Å². The molecule has 2 aliphatic rings. The quantitative estimate of drug-likeness (QED) is 0.778. The summed E-state index contributed by atoms with van der Waals surface area (Å²) in [5.74, 6) is -0.830. The fourth-order valence-corrected chi connectivity index (χ4v) is 3.84. The van der Waals surface area contributed by atoms with Gasteiger partial charge in [0.2, 0.25) is 11.8 Å². The molecule has 1 fully saturated rings. The number of piperazine rings is 1. The Morgan fingerprint density at radius 3 is 2.45 bits per heavy atom. The first-order valence-electron chi connectivity index (χ1n) is 10.5. The lowest BCUT2D eigenvalue weighted by Gasteiger charge is -2.34. The number of rotatable bonds is 5. The molecule has 2 heterocycles. The molecule has 160 valence electrons. The third-order valence-electron chi connectivity index (χ3n) is 5.63. The zero-order chi connectivity index (χ0) is 21.6. The van der Waals surface area contributed by atoms with Gasteiger partial charge in [-0.1, -0.05) is 54.6 Å². The summed E-state index contributed by atoms with van der Waals surface area (Å²) in [6, 6.07) is 16.1. The van der Waals surface area contributed by atoms with Crippen molar-refractivity contribution in [1.82, 2.24) is 15.1 Å². The Morgan fingerprint density at radius 2 is 1.68 bits per heavy atom. The van der Waals surface area contributed by atoms with Gasteiger partial charge < -0.3 is 15.5 Å². The number of nitrogens with zero attached hydrogens (tertiary/aromatic N) is 2. The van der Waals surface area contributed by atoms with E-state index in [1.807, 2.05) is 18.2 Å². The molecule has 3 amide bonds. The molecule has 4 rings (SSSR count). The average molecular weight is 418 g/mol. The van der Waals surface area contributed by atoms with Crippen molar-refractivity contribution in [3.8, 4) is 0 Å². The van der Waals surface area contributed by atoms with E-state index in [-0.39, 0.29) is 24.1 Å². The van der Waals surface area contributed by atoms with Gasteiger partial charge in [0, 0.05) is 32.7 Å². The number of hydrogen-bond acceptors (Lipinski definition) is 4. The Kier molecular flexibility index (Phi) is 6.43. The van der Waals surface area contributed by atoms with E-state index in [0.717, 1.165) is 19.6 Å². The Balaban J connectivity index is 1.27. The first kappa shape index (κ1) is 20.8. The van der Waals surface area contributed by atoms with Crippen LogP contribution >= 0.6 is 0 Å². The van der Waals surface area contributed by atoms with Gasteiger partial charge in [0.25, 0.3) is 5.91 Å². The molecule has 0 radical (unpaired) electrons. The van der Waals surface area contributed by atoms with Gasteiger partial charge in [-0.15, -0.1) is 0 Å². The standard InChI is InChI=1S/C24H26N4O3/c29-22(17-21-24(31)25-20-11-5-4-10-19(20)23(30)26-21)28-15-13-27(14-16-28)12-6-9-18-7-2-1-3-8-18/h1-11,21H,12-17H2,(H,25,31)(H,26,30)/b9-6+/t21-/m0/s1. The van der Waals surface area contributed by atoms with Crippen LogP contribution in [0.2, 0.25) is 0 Å². The third-order valence-corrected chi connectivity index (χ3v) is 5.63. The van der Waals surface area contributed by atoms with Gasteiger partial charge in [0.05, 0.1) is 17.7 Å². The number of benzene rings is 2. The highest BCUT2D eigenvalue weighted by atomic mass is 16.2. The van der Waals surface area contributed by atoms with Crippen molar-refractivity contribution in [2.24, 2.45) is 0 Å². The molecule has 0 aliphatic carbocycles. The van der Waals surface area contributed by atoms with Crippen molar-refractivity contribution < 1.29 is 14.4 Å². The van der Waals surface area contributed by atoms with Crippen molar-refractivity contribution in [1.29, 1.82) is 0 Å². The fourth-order valence-electron chi connectivity index (χ4n) is 3.84. The first-order valence-corrected chi connectivity index (χ1v) is 10.5. The minimum Gasteiger partial charge on any atom is -0.340 e. The monoisotopic (exact) mass is 418 g/mol. The molecule has 2 aromatic rings. The predicted octanol–water partition coefficient (Wildman–Crippen LogP) is 1.98. The van der Waals surface area contributed by atoms with Gasteiger partial charge in [-0.25, -0.2) is 0 Å². The number of para-hydroxylation sites is 1. The van der Waals surface area contributed by atoms with E-state index in [9.17, 15) is 14.4 Å². The van der Waals surface area contributed by atoms with Crippen LogP contribution in [-0.2, 0) is 9.59 Å². The zero-order valence-corrected chi connectivity index (χ0v) is 17.3. The van der Waals surface area contributed by atoms with Crippen molar-refractivity contribution in [3.05, 3.63) is 71.8 Å². The number of amides is 3. The van der Waals surface area contributed by atoms with Gasteiger partial charge in [-0.3, -0.25) is 19.3 Å². The van der Waals surface area contributed by atoms with E-state index in [0.29, 0.717) is 24.3 Å². The SMILES string of the molecule is O=C1N[C@@H](CC(=O)N2CCN(C/C=C/c3ccccc3)CC2)C(=O)Nc2ccccc21. The Bertz CT molecular complexity index is 981. The number of anilines is 1. The maximum Gasteiger partial charge on any atom is 0.254 e. The highest BCUT2D eigenvalue weighted by molar-refractivity contribution is 6.10. The summed E-state index contributed by atoms with van der Waals surface area (Å²) in [5, 5.41) is 5.44. The molecule has 0 spiro atoms. The first-order chi connectivity index (χ1) is 15.1. The van der Waals surface area contributed by atoms with Gasteiger partial charge in [-0.2, -0.15) is 0 Å². The zero-order valence-electron chi connectivity index (χ0n) is 17.3. The summed E-state index contributed by atoms with van der Waals surface area (Å²) in [6.45, 7) is 3.61. The Labute approximate surface area is 181 Å². The molecule has 7 heteroatoms. The molecule has 0 bridgehead atoms. The third kappa shape index (κ3) is 5.19. The topological polar surface area (TPSA) is 81.8 Å². The molecule has 0 aromatic heterocycles. The fraction of sp³-hybridized carbons (Fsp3) is 0.292. The molecule has 2 aromatic carbocycles. The van der Waals surface area contributed by atoms with Gasteiger partial charge >= 0.3 is 0 Å². The summed E-state index contributed by atoms with van der Waals surface area (Å²) in [6.07, 6.45) is 4.19. The average Bonchev–Trinajstić information content (AvgIpc) is 2.91. The lowest BCUT2D eigenvalue weighted by Crippen LogP contribution is -2.51. The minimum absolute atomic E-state index is 0.0422. The maximum absolute atomic E-state index is 12.8. The largest absolute Gasteiger partial charge is 0.340 e. The second kappa shape index (κ2) is 9.57. The normalized spacial score (nSPS) is 19.5. The summed E-state index contributed by atoms with van der Waals surface area (Å²) in [7, 11) is 0. The van der Waals surface area contributed by atoms with Crippen LogP contribution in [0.3, 0.4) is 0 Å². The Morgan fingerprint density at radius 1 is 0.968 bits per heavy atom. The molecular formula is C24H26N4O3. The minimum atomic E-state index is -0.876. The highest BCUT2D eigenvalue weighted by Crippen LogP contribution is 2.19. The second-order valence-corrected chi connectivity index (χ2v) is 7.76. The molecule has 1 atom stereocenters. The molecule has 0 saturated carbocycles. The molecular weight excluding hydrogens is 392 g/mol. The lowest BCUT2D eigenvalue weighted by atomic mass is 10.1. The van der Waals surface area contributed by atoms with E-state index in [4.69, 9.17) is 0 Å². The van der Waals surface area contributed by atoms with E-state index in [2.05, 4.69) is 39.8 Å². The summed E-state index contributed by atoms with van der Waals surface area (Å²) < 4.78 is 0. The van der Waals surface area contributed by atoms with Crippen molar-refractivity contribution in [3.63, 3.8) is 0 Å². The molecule has 2 aliphatic heterocycles. The van der Waals surface area contributed by atoms with Crippen molar-refractivity contribution in [2.75, 3.05) is 38.0 Å². The van der Waals surface area contributed by atoms with Crippen molar-refractivity contribution >= 4 is 29.5 Å². The molecule has 7 nitrogen and oxygen atoms in total. The second-order valence-electron chi connectivity index (χ2n) is 7.76.